The molecule has 0 fully saturated rings. The molecule has 0 aromatic heterocycles. The van der Waals surface area contributed by atoms with Gasteiger partial charge in [0.15, 0.2) is 0 Å². The largest absolute Gasteiger partial charge is 0.494 e. The number of hydrogen-bond acceptors (Lipinski definition) is 2. The first kappa shape index (κ1) is 10.1. The third-order valence-corrected chi connectivity index (χ3v) is 1.93. The molecule has 0 atom stereocenters. The van der Waals surface area contributed by atoms with Gasteiger partial charge in [-0.25, -0.2) is 0 Å². The molecule has 1 aromatic carbocycles. The number of hydrogen-bond donors (Lipinski definition) is 0. The molecule has 13 heavy (non-hydrogen) atoms. The maximum Gasteiger partial charge on any atom is 0.119 e. The quantitative estimate of drug-likeness (QED) is 0.709. The van der Waals surface area contributed by atoms with E-state index in [0.29, 0.717) is 13.2 Å². The van der Waals surface area contributed by atoms with Gasteiger partial charge >= 0.3 is 0 Å². The van der Waals surface area contributed by atoms with E-state index in [2.05, 4.69) is 13.0 Å². The van der Waals surface area contributed by atoms with Gasteiger partial charge in [0.1, 0.15) is 5.75 Å². The highest BCUT2D eigenvalue weighted by Crippen LogP contribution is 2.17. The van der Waals surface area contributed by atoms with Crippen LogP contribution in [0.4, 0.5) is 0 Å². The minimum Gasteiger partial charge on any atom is -0.494 e. The molecule has 0 aliphatic heterocycles. The lowest BCUT2D eigenvalue weighted by Gasteiger charge is -2.08. The molecule has 0 bridgehead atoms. The van der Waals surface area contributed by atoms with Crippen molar-refractivity contribution < 1.29 is 9.47 Å². The lowest BCUT2D eigenvalue weighted by atomic mass is 10.1. The van der Waals surface area contributed by atoms with Crippen molar-refractivity contribution >= 4 is 0 Å². The van der Waals surface area contributed by atoms with E-state index in [1.165, 1.54) is 11.1 Å². The third kappa shape index (κ3) is 2.74. The van der Waals surface area contributed by atoms with Crippen LogP contribution < -0.4 is 4.74 Å². The zero-order valence-electron chi connectivity index (χ0n) is 8.46. The summed E-state index contributed by atoms with van der Waals surface area (Å²) in [4.78, 5) is 0. The summed E-state index contributed by atoms with van der Waals surface area (Å²) in [5.74, 6) is 0.917. The zero-order valence-corrected chi connectivity index (χ0v) is 8.46. The first-order valence-corrected chi connectivity index (χ1v) is 4.49. The minimum atomic E-state index is 0.646. The van der Waals surface area contributed by atoms with Crippen molar-refractivity contribution in [2.24, 2.45) is 0 Å². The Labute approximate surface area is 79.5 Å². The molecule has 72 valence electrons. The monoisotopic (exact) mass is 180 g/mol. The molecule has 1 rings (SSSR count). The Morgan fingerprint density at radius 1 is 1.31 bits per heavy atom. The number of aryl methyl sites for hydroxylation is 1. The van der Waals surface area contributed by atoms with E-state index in [1.54, 1.807) is 7.11 Å². The summed E-state index contributed by atoms with van der Waals surface area (Å²) in [6.07, 6.45) is 0. The lowest BCUT2D eigenvalue weighted by Crippen LogP contribution is -1.95. The summed E-state index contributed by atoms with van der Waals surface area (Å²) < 4.78 is 10.5. The molecule has 2 heteroatoms. The Balaban J connectivity index is 2.83. The second-order valence-electron chi connectivity index (χ2n) is 2.95. The van der Waals surface area contributed by atoms with E-state index in [1.807, 2.05) is 19.1 Å². The van der Waals surface area contributed by atoms with Gasteiger partial charge in [-0.1, -0.05) is 6.07 Å². The molecule has 1 aromatic rings. The average molecular weight is 180 g/mol. The van der Waals surface area contributed by atoms with Crippen LogP contribution in [-0.2, 0) is 11.3 Å². The number of ether oxygens (including phenoxy) is 2. The van der Waals surface area contributed by atoms with Crippen molar-refractivity contribution in [3.8, 4) is 5.75 Å². The molecule has 0 radical (unpaired) electrons. The van der Waals surface area contributed by atoms with Gasteiger partial charge in [-0.15, -0.1) is 0 Å². The van der Waals surface area contributed by atoms with E-state index in [9.17, 15) is 0 Å². The van der Waals surface area contributed by atoms with Crippen molar-refractivity contribution in [3.05, 3.63) is 29.3 Å². The summed E-state index contributed by atoms with van der Waals surface area (Å²) >= 11 is 0. The first-order chi connectivity index (χ1) is 6.27. The van der Waals surface area contributed by atoms with Crippen LogP contribution in [0, 0.1) is 6.92 Å². The predicted molar refractivity (Wildman–Crippen MR) is 53.1 cm³/mol. The molecule has 0 unspecified atom stereocenters. The summed E-state index contributed by atoms with van der Waals surface area (Å²) in [7, 11) is 1.70. The summed E-state index contributed by atoms with van der Waals surface area (Å²) in [5, 5.41) is 0. The van der Waals surface area contributed by atoms with Crippen LogP contribution in [0.1, 0.15) is 18.1 Å². The maximum atomic E-state index is 5.39. The number of methoxy groups -OCH3 is 1. The lowest BCUT2D eigenvalue weighted by molar-refractivity contribution is 0.184. The van der Waals surface area contributed by atoms with Crippen molar-refractivity contribution in [3.63, 3.8) is 0 Å². The second kappa shape index (κ2) is 4.87. The molecule has 0 saturated carbocycles. The molecule has 0 spiro atoms. The van der Waals surface area contributed by atoms with Crippen LogP contribution in [0.5, 0.6) is 5.75 Å². The van der Waals surface area contributed by atoms with Crippen molar-refractivity contribution in [2.75, 3.05) is 13.7 Å². The van der Waals surface area contributed by atoms with Crippen LogP contribution in [0.2, 0.25) is 0 Å². The molecular weight excluding hydrogens is 164 g/mol. The van der Waals surface area contributed by atoms with Crippen LogP contribution in [0.15, 0.2) is 18.2 Å². The summed E-state index contributed by atoms with van der Waals surface area (Å²) in [6.45, 7) is 5.40. The topological polar surface area (TPSA) is 18.5 Å². The predicted octanol–water partition coefficient (Wildman–Crippen LogP) is 2.54. The highest BCUT2D eigenvalue weighted by atomic mass is 16.5. The van der Waals surface area contributed by atoms with E-state index in [4.69, 9.17) is 9.47 Å². The van der Waals surface area contributed by atoms with E-state index >= 15 is 0 Å². The minimum absolute atomic E-state index is 0.646. The van der Waals surface area contributed by atoms with E-state index in [0.717, 1.165) is 5.75 Å². The van der Waals surface area contributed by atoms with Crippen molar-refractivity contribution in [1.29, 1.82) is 0 Å². The first-order valence-electron chi connectivity index (χ1n) is 4.49. The Kier molecular flexibility index (Phi) is 3.77. The molecule has 0 amide bonds. The third-order valence-electron chi connectivity index (χ3n) is 1.93. The number of rotatable bonds is 4. The Morgan fingerprint density at radius 3 is 2.69 bits per heavy atom. The fourth-order valence-corrected chi connectivity index (χ4v) is 1.22. The van der Waals surface area contributed by atoms with Gasteiger partial charge in [-0.05, 0) is 37.1 Å². The summed E-state index contributed by atoms with van der Waals surface area (Å²) in [6, 6.07) is 6.07. The van der Waals surface area contributed by atoms with Gasteiger partial charge in [0, 0.05) is 7.11 Å². The fraction of sp³-hybridized carbons (Fsp3) is 0.455. The SMILES string of the molecule is CCOc1ccc(C)c(COC)c1. The molecule has 0 aliphatic carbocycles. The number of benzene rings is 1. The van der Waals surface area contributed by atoms with Crippen LogP contribution in [0.25, 0.3) is 0 Å². The van der Waals surface area contributed by atoms with Crippen LogP contribution in [0.3, 0.4) is 0 Å². The second-order valence-corrected chi connectivity index (χ2v) is 2.95. The van der Waals surface area contributed by atoms with Crippen molar-refractivity contribution in [1.82, 2.24) is 0 Å². The molecular formula is C11H16O2. The highest BCUT2D eigenvalue weighted by molar-refractivity contribution is 5.34. The van der Waals surface area contributed by atoms with Gasteiger partial charge < -0.3 is 9.47 Å². The molecule has 2 nitrogen and oxygen atoms in total. The fourth-order valence-electron chi connectivity index (χ4n) is 1.22. The molecule has 0 N–H and O–H groups in total. The standard InChI is InChI=1S/C11H16O2/c1-4-13-11-6-5-9(2)10(7-11)8-12-3/h5-7H,4,8H2,1-3H3. The Hall–Kier alpha value is -1.02. The van der Waals surface area contributed by atoms with Crippen LogP contribution >= 0.6 is 0 Å². The average Bonchev–Trinajstić information content (AvgIpc) is 2.12. The zero-order chi connectivity index (χ0) is 9.68. The smallest absolute Gasteiger partial charge is 0.119 e. The van der Waals surface area contributed by atoms with Gasteiger partial charge in [-0.3, -0.25) is 0 Å². The molecule has 0 heterocycles. The van der Waals surface area contributed by atoms with Gasteiger partial charge in [0.2, 0.25) is 0 Å². The van der Waals surface area contributed by atoms with E-state index < -0.39 is 0 Å². The van der Waals surface area contributed by atoms with E-state index in [-0.39, 0.29) is 0 Å². The Morgan fingerprint density at radius 2 is 2.08 bits per heavy atom. The maximum absolute atomic E-state index is 5.39. The molecule has 0 saturated heterocycles. The van der Waals surface area contributed by atoms with Crippen LogP contribution in [-0.4, -0.2) is 13.7 Å². The van der Waals surface area contributed by atoms with Gasteiger partial charge in [0.05, 0.1) is 13.2 Å². The van der Waals surface area contributed by atoms with Gasteiger partial charge in [-0.2, -0.15) is 0 Å². The summed E-state index contributed by atoms with van der Waals surface area (Å²) in [5.41, 5.74) is 2.43. The Bertz CT molecular complexity index is 269. The molecule has 0 aliphatic rings. The normalized spacial score (nSPS) is 10.1. The highest BCUT2D eigenvalue weighted by Gasteiger charge is 1.99. The van der Waals surface area contributed by atoms with Gasteiger partial charge in [0.25, 0.3) is 0 Å². The van der Waals surface area contributed by atoms with Crippen molar-refractivity contribution in [2.45, 2.75) is 20.5 Å².